The third-order valence-electron chi connectivity index (χ3n) is 3.02. The van der Waals surface area contributed by atoms with Crippen LogP contribution in [0.1, 0.15) is 36.0 Å². The summed E-state index contributed by atoms with van der Waals surface area (Å²) in [6.45, 7) is 0.872. The highest BCUT2D eigenvalue weighted by atomic mass is 16.5. The van der Waals surface area contributed by atoms with Crippen molar-refractivity contribution in [2.45, 2.75) is 25.7 Å². The smallest absolute Gasteiger partial charge is 0.251 e. The summed E-state index contributed by atoms with van der Waals surface area (Å²) < 4.78 is 10.3. The molecule has 0 aliphatic carbocycles. The minimum atomic E-state index is -0.117. The molecule has 1 rings (SSSR count). The molecule has 0 unspecified atom stereocenters. The zero-order valence-electron chi connectivity index (χ0n) is 12.1. The first-order valence-corrected chi connectivity index (χ1v) is 6.84. The second-order valence-corrected chi connectivity index (χ2v) is 4.46. The Bertz CT molecular complexity index is 420. The number of hydrogen-bond donors (Lipinski definition) is 2. The van der Waals surface area contributed by atoms with E-state index >= 15 is 0 Å². The number of hydrogen-bond acceptors (Lipinski definition) is 4. The Hall–Kier alpha value is -1.75. The molecule has 0 heterocycles. The monoisotopic (exact) mass is 281 g/mol. The highest BCUT2D eigenvalue weighted by molar-refractivity contribution is 5.94. The predicted octanol–water partition coefficient (Wildman–Crippen LogP) is 1.99. The third-order valence-corrected chi connectivity index (χ3v) is 3.02. The third kappa shape index (κ3) is 5.09. The van der Waals surface area contributed by atoms with Crippen LogP contribution in [0, 0.1) is 0 Å². The van der Waals surface area contributed by atoms with Gasteiger partial charge in [0.1, 0.15) is 0 Å². The average Bonchev–Trinajstić information content (AvgIpc) is 2.49. The Morgan fingerprint density at radius 2 is 1.80 bits per heavy atom. The van der Waals surface area contributed by atoms with Gasteiger partial charge in [0.15, 0.2) is 11.5 Å². The summed E-state index contributed by atoms with van der Waals surface area (Å²) in [4.78, 5) is 12.0. The quantitative estimate of drug-likeness (QED) is 0.679. The largest absolute Gasteiger partial charge is 0.493 e. The van der Waals surface area contributed by atoms with Crippen LogP contribution in [0.2, 0.25) is 0 Å². The minimum absolute atomic E-state index is 0.117. The van der Waals surface area contributed by atoms with Gasteiger partial charge < -0.3 is 19.9 Å². The van der Waals surface area contributed by atoms with Gasteiger partial charge in [-0.2, -0.15) is 0 Å². The Kier molecular flexibility index (Phi) is 7.50. The van der Waals surface area contributed by atoms with E-state index in [1.54, 1.807) is 32.4 Å². The Morgan fingerprint density at radius 3 is 2.45 bits per heavy atom. The van der Waals surface area contributed by atoms with Crippen LogP contribution in [-0.2, 0) is 0 Å². The molecule has 5 nitrogen and oxygen atoms in total. The van der Waals surface area contributed by atoms with Gasteiger partial charge in [0.2, 0.25) is 0 Å². The van der Waals surface area contributed by atoms with E-state index in [0.717, 1.165) is 25.7 Å². The standard InChI is InChI=1S/C15H23NO4/c1-19-13-8-7-12(11-14(13)20-2)15(18)16-9-5-3-4-6-10-17/h7-8,11,17H,3-6,9-10H2,1-2H3,(H,16,18). The van der Waals surface area contributed by atoms with Crippen molar-refractivity contribution in [3.8, 4) is 11.5 Å². The number of unbranched alkanes of at least 4 members (excludes halogenated alkanes) is 3. The highest BCUT2D eigenvalue weighted by Gasteiger charge is 2.09. The van der Waals surface area contributed by atoms with Gasteiger partial charge in [-0.05, 0) is 31.0 Å². The number of benzene rings is 1. The lowest BCUT2D eigenvalue weighted by Gasteiger charge is -2.10. The maximum absolute atomic E-state index is 12.0. The summed E-state index contributed by atoms with van der Waals surface area (Å²) in [5.41, 5.74) is 0.554. The number of carbonyl (C=O) groups excluding carboxylic acids is 1. The molecule has 112 valence electrons. The zero-order valence-corrected chi connectivity index (χ0v) is 12.1. The topological polar surface area (TPSA) is 67.8 Å². The molecule has 2 N–H and O–H groups in total. The van der Waals surface area contributed by atoms with Gasteiger partial charge >= 0.3 is 0 Å². The van der Waals surface area contributed by atoms with Crippen molar-refractivity contribution in [1.29, 1.82) is 0 Å². The van der Waals surface area contributed by atoms with Crippen LogP contribution >= 0.6 is 0 Å². The van der Waals surface area contributed by atoms with Gasteiger partial charge in [-0.25, -0.2) is 0 Å². The van der Waals surface area contributed by atoms with Crippen molar-refractivity contribution >= 4 is 5.91 Å². The van der Waals surface area contributed by atoms with E-state index in [1.165, 1.54) is 0 Å². The first-order chi connectivity index (χ1) is 9.72. The van der Waals surface area contributed by atoms with Crippen molar-refractivity contribution in [3.05, 3.63) is 23.8 Å². The zero-order chi connectivity index (χ0) is 14.8. The predicted molar refractivity (Wildman–Crippen MR) is 77.4 cm³/mol. The molecular formula is C15H23NO4. The lowest BCUT2D eigenvalue weighted by molar-refractivity contribution is 0.0952. The molecule has 0 fully saturated rings. The van der Waals surface area contributed by atoms with E-state index in [0.29, 0.717) is 23.6 Å². The maximum atomic E-state index is 12.0. The molecule has 0 bridgehead atoms. The second kappa shape index (κ2) is 9.20. The number of aliphatic hydroxyl groups is 1. The van der Waals surface area contributed by atoms with Crippen molar-refractivity contribution in [3.63, 3.8) is 0 Å². The van der Waals surface area contributed by atoms with Crippen LogP contribution in [0.3, 0.4) is 0 Å². The fourth-order valence-electron chi connectivity index (χ4n) is 1.87. The summed E-state index contributed by atoms with van der Waals surface area (Å²) in [7, 11) is 3.10. The summed E-state index contributed by atoms with van der Waals surface area (Å²) in [6, 6.07) is 5.09. The molecule has 20 heavy (non-hydrogen) atoms. The summed E-state index contributed by atoms with van der Waals surface area (Å²) in [5, 5.41) is 11.5. The fourth-order valence-corrected chi connectivity index (χ4v) is 1.87. The van der Waals surface area contributed by atoms with E-state index < -0.39 is 0 Å². The molecule has 0 aliphatic heterocycles. The number of amides is 1. The first kappa shape index (κ1) is 16.3. The van der Waals surface area contributed by atoms with Crippen LogP contribution < -0.4 is 14.8 Å². The molecule has 0 spiro atoms. The van der Waals surface area contributed by atoms with Crippen molar-refractivity contribution in [1.82, 2.24) is 5.32 Å². The van der Waals surface area contributed by atoms with Crippen molar-refractivity contribution < 1.29 is 19.4 Å². The fraction of sp³-hybridized carbons (Fsp3) is 0.533. The first-order valence-electron chi connectivity index (χ1n) is 6.84. The number of ether oxygens (including phenoxy) is 2. The van der Waals surface area contributed by atoms with Gasteiger partial charge in [0.05, 0.1) is 14.2 Å². The SMILES string of the molecule is COc1ccc(C(=O)NCCCCCCO)cc1OC. The van der Waals surface area contributed by atoms with Crippen LogP contribution in [-0.4, -0.2) is 38.4 Å². The summed E-state index contributed by atoms with van der Waals surface area (Å²) in [6.07, 6.45) is 3.73. The van der Waals surface area contributed by atoms with Crippen LogP contribution in [0.25, 0.3) is 0 Å². The average molecular weight is 281 g/mol. The summed E-state index contributed by atoms with van der Waals surface area (Å²) in [5.74, 6) is 1.03. The van der Waals surface area contributed by atoms with E-state index in [1.807, 2.05) is 0 Å². The Labute approximate surface area is 119 Å². The van der Waals surface area contributed by atoms with Gasteiger partial charge in [0, 0.05) is 18.7 Å². The second-order valence-electron chi connectivity index (χ2n) is 4.46. The molecule has 1 amide bonds. The molecule has 0 atom stereocenters. The minimum Gasteiger partial charge on any atom is -0.493 e. The normalized spacial score (nSPS) is 10.2. The molecular weight excluding hydrogens is 258 g/mol. The molecule has 0 radical (unpaired) electrons. The molecule has 1 aromatic rings. The van der Waals surface area contributed by atoms with Crippen molar-refractivity contribution in [2.75, 3.05) is 27.4 Å². The van der Waals surface area contributed by atoms with E-state index in [-0.39, 0.29) is 12.5 Å². The van der Waals surface area contributed by atoms with Crippen LogP contribution in [0.4, 0.5) is 0 Å². The number of aliphatic hydroxyl groups excluding tert-OH is 1. The molecule has 0 saturated carbocycles. The van der Waals surface area contributed by atoms with Crippen molar-refractivity contribution in [2.24, 2.45) is 0 Å². The molecule has 0 aromatic heterocycles. The highest BCUT2D eigenvalue weighted by Crippen LogP contribution is 2.27. The number of carbonyl (C=O) groups is 1. The maximum Gasteiger partial charge on any atom is 0.251 e. The van der Waals surface area contributed by atoms with Crippen LogP contribution in [0.15, 0.2) is 18.2 Å². The molecule has 0 saturated heterocycles. The number of nitrogens with one attached hydrogen (secondary N) is 1. The Balaban J connectivity index is 2.43. The number of methoxy groups -OCH3 is 2. The lowest BCUT2D eigenvalue weighted by atomic mass is 10.1. The van der Waals surface area contributed by atoms with Gasteiger partial charge in [-0.1, -0.05) is 12.8 Å². The van der Waals surface area contributed by atoms with Gasteiger partial charge in [-0.15, -0.1) is 0 Å². The van der Waals surface area contributed by atoms with Gasteiger partial charge in [0.25, 0.3) is 5.91 Å². The molecule has 5 heteroatoms. The lowest BCUT2D eigenvalue weighted by Crippen LogP contribution is -2.24. The molecule has 1 aromatic carbocycles. The Morgan fingerprint density at radius 1 is 1.10 bits per heavy atom. The van der Waals surface area contributed by atoms with Gasteiger partial charge in [-0.3, -0.25) is 4.79 Å². The van der Waals surface area contributed by atoms with E-state index in [9.17, 15) is 4.79 Å². The summed E-state index contributed by atoms with van der Waals surface area (Å²) >= 11 is 0. The van der Waals surface area contributed by atoms with E-state index in [4.69, 9.17) is 14.6 Å². The van der Waals surface area contributed by atoms with E-state index in [2.05, 4.69) is 5.32 Å². The van der Waals surface area contributed by atoms with Crippen LogP contribution in [0.5, 0.6) is 11.5 Å². The molecule has 0 aliphatic rings. The number of rotatable bonds is 9.